The number of hydrogen-bond donors (Lipinski definition) is 2. The second kappa shape index (κ2) is 7.69. The number of aliphatic hydroxyl groups is 1. The summed E-state index contributed by atoms with van der Waals surface area (Å²) in [5.41, 5.74) is 2.68. The highest BCUT2D eigenvalue weighted by molar-refractivity contribution is 5.99. The molecule has 0 spiro atoms. The topological polar surface area (TPSA) is 66.4 Å². The van der Waals surface area contributed by atoms with E-state index in [0.717, 1.165) is 11.1 Å². The third kappa shape index (κ3) is 5.22. The van der Waals surface area contributed by atoms with Gasteiger partial charge in [0.25, 0.3) is 0 Å². The molecule has 0 radical (unpaired) electrons. The highest BCUT2D eigenvalue weighted by Gasteiger charge is 2.11. The molecule has 0 fully saturated rings. The van der Waals surface area contributed by atoms with Crippen LogP contribution in [-0.2, 0) is 4.79 Å². The molecule has 0 saturated carbocycles. The molecule has 1 aromatic rings. The first-order chi connectivity index (χ1) is 9.04. The molecule has 1 aromatic carbocycles. The summed E-state index contributed by atoms with van der Waals surface area (Å²) >= 11 is 0. The van der Waals surface area contributed by atoms with Gasteiger partial charge in [-0.3, -0.25) is 9.59 Å². The number of hydrogen-bond acceptors (Lipinski definition) is 3. The van der Waals surface area contributed by atoms with E-state index >= 15 is 0 Å². The quantitative estimate of drug-likeness (QED) is 0.582. The lowest BCUT2D eigenvalue weighted by Gasteiger charge is -2.07. The van der Waals surface area contributed by atoms with Gasteiger partial charge in [-0.05, 0) is 31.9 Å². The standard InChI is InChI=1S/C15H21NO3/c1-11-4-5-12(2)13(10-11)14(18)6-7-15(19)16-8-3-9-17/h4-5,10,17H,3,6-9H2,1-2H3,(H,16,19). The van der Waals surface area contributed by atoms with Crippen LogP contribution >= 0.6 is 0 Å². The summed E-state index contributed by atoms with van der Waals surface area (Å²) in [5.74, 6) is -0.148. The van der Waals surface area contributed by atoms with E-state index in [1.807, 2.05) is 32.0 Å². The fraction of sp³-hybridized carbons (Fsp3) is 0.467. The van der Waals surface area contributed by atoms with Gasteiger partial charge in [-0.25, -0.2) is 0 Å². The number of carbonyl (C=O) groups is 2. The first-order valence-corrected chi connectivity index (χ1v) is 6.52. The van der Waals surface area contributed by atoms with Crippen molar-refractivity contribution in [3.8, 4) is 0 Å². The van der Waals surface area contributed by atoms with Gasteiger partial charge in [-0.1, -0.05) is 17.7 Å². The van der Waals surface area contributed by atoms with Crippen molar-refractivity contribution in [2.75, 3.05) is 13.2 Å². The fourth-order valence-corrected chi connectivity index (χ4v) is 1.79. The lowest BCUT2D eigenvalue weighted by molar-refractivity contribution is -0.121. The van der Waals surface area contributed by atoms with Gasteiger partial charge in [0.05, 0.1) is 0 Å². The van der Waals surface area contributed by atoms with Gasteiger partial charge in [-0.2, -0.15) is 0 Å². The maximum absolute atomic E-state index is 12.0. The van der Waals surface area contributed by atoms with Crippen LogP contribution in [0.4, 0.5) is 0 Å². The van der Waals surface area contributed by atoms with Gasteiger partial charge in [0.2, 0.25) is 5.91 Å². The summed E-state index contributed by atoms with van der Waals surface area (Å²) in [6.45, 7) is 4.35. The van der Waals surface area contributed by atoms with Crippen LogP contribution in [-0.4, -0.2) is 29.9 Å². The number of Topliss-reactive ketones (excluding diaryl/α,β-unsaturated/α-hetero) is 1. The molecular formula is C15H21NO3. The zero-order valence-corrected chi connectivity index (χ0v) is 11.5. The zero-order valence-electron chi connectivity index (χ0n) is 11.5. The average Bonchev–Trinajstić information content (AvgIpc) is 2.39. The second-order valence-electron chi connectivity index (χ2n) is 4.67. The molecule has 4 nitrogen and oxygen atoms in total. The van der Waals surface area contributed by atoms with Crippen LogP contribution in [0.15, 0.2) is 18.2 Å². The molecule has 0 aliphatic heterocycles. The Kier molecular flexibility index (Phi) is 6.22. The summed E-state index contributed by atoms with van der Waals surface area (Å²) in [5, 5.41) is 11.3. The van der Waals surface area contributed by atoms with E-state index < -0.39 is 0 Å². The van der Waals surface area contributed by atoms with E-state index in [1.54, 1.807) is 0 Å². The molecule has 0 atom stereocenters. The van der Waals surface area contributed by atoms with Crippen molar-refractivity contribution in [2.24, 2.45) is 0 Å². The molecule has 0 aromatic heterocycles. The third-order valence-electron chi connectivity index (χ3n) is 2.93. The van der Waals surface area contributed by atoms with Crippen molar-refractivity contribution in [3.63, 3.8) is 0 Å². The Hall–Kier alpha value is -1.68. The summed E-state index contributed by atoms with van der Waals surface area (Å²) in [6.07, 6.45) is 0.948. The number of ketones is 1. The molecule has 1 rings (SSSR count). The Morgan fingerprint density at radius 2 is 1.95 bits per heavy atom. The first-order valence-electron chi connectivity index (χ1n) is 6.52. The van der Waals surface area contributed by atoms with Crippen molar-refractivity contribution < 1.29 is 14.7 Å². The minimum atomic E-state index is -0.146. The van der Waals surface area contributed by atoms with Crippen LogP contribution in [0, 0.1) is 13.8 Å². The van der Waals surface area contributed by atoms with Crippen LogP contribution in [0.5, 0.6) is 0 Å². The van der Waals surface area contributed by atoms with E-state index in [2.05, 4.69) is 5.32 Å². The van der Waals surface area contributed by atoms with Gasteiger partial charge in [-0.15, -0.1) is 0 Å². The normalized spacial score (nSPS) is 10.3. The van der Waals surface area contributed by atoms with Crippen molar-refractivity contribution >= 4 is 11.7 Å². The minimum Gasteiger partial charge on any atom is -0.396 e. The molecule has 1 amide bonds. The van der Waals surface area contributed by atoms with Gasteiger partial charge < -0.3 is 10.4 Å². The molecule has 0 bridgehead atoms. The second-order valence-corrected chi connectivity index (χ2v) is 4.67. The van der Waals surface area contributed by atoms with E-state index in [4.69, 9.17) is 5.11 Å². The van der Waals surface area contributed by atoms with Crippen molar-refractivity contribution in [3.05, 3.63) is 34.9 Å². The molecule has 19 heavy (non-hydrogen) atoms. The highest BCUT2D eigenvalue weighted by atomic mass is 16.3. The largest absolute Gasteiger partial charge is 0.396 e. The average molecular weight is 263 g/mol. The number of amides is 1. The number of benzene rings is 1. The monoisotopic (exact) mass is 263 g/mol. The van der Waals surface area contributed by atoms with E-state index in [9.17, 15) is 9.59 Å². The van der Waals surface area contributed by atoms with E-state index in [0.29, 0.717) is 18.5 Å². The first kappa shape index (κ1) is 15.4. The predicted molar refractivity (Wildman–Crippen MR) is 74.2 cm³/mol. The number of carbonyl (C=O) groups excluding carboxylic acids is 2. The molecule has 0 aliphatic carbocycles. The third-order valence-corrected chi connectivity index (χ3v) is 2.93. The van der Waals surface area contributed by atoms with Crippen LogP contribution in [0.3, 0.4) is 0 Å². The Morgan fingerprint density at radius 3 is 2.63 bits per heavy atom. The summed E-state index contributed by atoms with van der Waals surface area (Å²) in [6, 6.07) is 5.75. The van der Waals surface area contributed by atoms with Crippen molar-refractivity contribution in [1.82, 2.24) is 5.32 Å². The fourth-order valence-electron chi connectivity index (χ4n) is 1.79. The minimum absolute atomic E-state index is 0.00138. The predicted octanol–water partition coefficient (Wildman–Crippen LogP) is 1.76. The molecule has 104 valence electrons. The summed E-state index contributed by atoms with van der Waals surface area (Å²) in [4.78, 5) is 23.5. The number of nitrogens with one attached hydrogen (secondary N) is 1. The van der Waals surface area contributed by atoms with Gasteiger partial charge in [0.15, 0.2) is 5.78 Å². The van der Waals surface area contributed by atoms with Crippen LogP contribution < -0.4 is 5.32 Å². The number of aliphatic hydroxyl groups excluding tert-OH is 1. The maximum Gasteiger partial charge on any atom is 0.220 e. The van der Waals surface area contributed by atoms with Crippen LogP contribution in [0.2, 0.25) is 0 Å². The number of aryl methyl sites for hydroxylation is 2. The zero-order chi connectivity index (χ0) is 14.3. The van der Waals surface area contributed by atoms with E-state index in [1.165, 1.54) is 0 Å². The summed E-state index contributed by atoms with van der Waals surface area (Å²) in [7, 11) is 0. The Balaban J connectivity index is 2.47. The maximum atomic E-state index is 12.0. The molecule has 0 heterocycles. The Labute approximate surface area is 113 Å². The molecule has 0 unspecified atom stereocenters. The Bertz CT molecular complexity index is 455. The molecule has 0 saturated heterocycles. The lowest BCUT2D eigenvalue weighted by Crippen LogP contribution is -2.25. The lowest BCUT2D eigenvalue weighted by atomic mass is 9.99. The smallest absolute Gasteiger partial charge is 0.220 e. The highest BCUT2D eigenvalue weighted by Crippen LogP contribution is 2.13. The van der Waals surface area contributed by atoms with Crippen LogP contribution in [0.25, 0.3) is 0 Å². The van der Waals surface area contributed by atoms with Gasteiger partial charge in [0.1, 0.15) is 0 Å². The van der Waals surface area contributed by atoms with Crippen molar-refractivity contribution in [1.29, 1.82) is 0 Å². The molecular weight excluding hydrogens is 242 g/mol. The Morgan fingerprint density at radius 1 is 1.21 bits per heavy atom. The van der Waals surface area contributed by atoms with Gasteiger partial charge >= 0.3 is 0 Å². The van der Waals surface area contributed by atoms with Gasteiger partial charge in [0, 0.05) is 31.6 Å². The molecule has 0 aliphatic rings. The van der Waals surface area contributed by atoms with Crippen molar-refractivity contribution in [2.45, 2.75) is 33.1 Å². The molecule has 4 heteroatoms. The summed E-state index contributed by atoms with van der Waals surface area (Å²) < 4.78 is 0. The number of rotatable bonds is 7. The SMILES string of the molecule is Cc1ccc(C)c(C(=O)CCC(=O)NCCCO)c1. The van der Waals surface area contributed by atoms with Crippen LogP contribution in [0.1, 0.15) is 40.7 Å². The molecule has 2 N–H and O–H groups in total. The van der Waals surface area contributed by atoms with E-state index in [-0.39, 0.29) is 31.1 Å².